The van der Waals surface area contributed by atoms with Gasteiger partial charge in [0.2, 0.25) is 0 Å². The predicted molar refractivity (Wildman–Crippen MR) is 148 cm³/mol. The molecule has 0 amide bonds. The van der Waals surface area contributed by atoms with E-state index in [-0.39, 0.29) is 25.6 Å². The third-order valence-corrected chi connectivity index (χ3v) is 9.44. The molecule has 2 saturated heterocycles. The average molecular weight is 609 g/mol. The molecule has 4 rings (SSSR count). The van der Waals surface area contributed by atoms with Gasteiger partial charge in [-0.2, -0.15) is 0 Å². The quantitative estimate of drug-likeness (QED) is 0.110. The van der Waals surface area contributed by atoms with Crippen LogP contribution in [0.15, 0.2) is 0 Å². The van der Waals surface area contributed by atoms with Crippen LogP contribution in [0.1, 0.15) is 32.6 Å². The van der Waals surface area contributed by atoms with E-state index < -0.39 is 110 Å². The summed E-state index contributed by atoms with van der Waals surface area (Å²) in [6, 6.07) is -2.36. The number of rotatable bonds is 10. The van der Waals surface area contributed by atoms with Gasteiger partial charge < -0.3 is 83.6 Å². The topological polar surface area (TPSA) is 303 Å². The van der Waals surface area contributed by atoms with Crippen LogP contribution in [0.3, 0.4) is 0 Å². The molecule has 0 bridgehead atoms. The van der Waals surface area contributed by atoms with Gasteiger partial charge in [0.25, 0.3) is 0 Å². The summed E-state index contributed by atoms with van der Waals surface area (Å²) < 4.78 is 30.4. The zero-order valence-corrected chi connectivity index (χ0v) is 24.1. The summed E-state index contributed by atoms with van der Waals surface area (Å²) in [5.41, 5.74) is 36.5. The second-order valence-electron chi connectivity index (χ2n) is 12.4. The van der Waals surface area contributed by atoms with E-state index in [0.29, 0.717) is 19.3 Å². The van der Waals surface area contributed by atoms with E-state index in [1.54, 1.807) is 6.92 Å². The Morgan fingerprint density at radius 3 is 2.10 bits per heavy atom. The van der Waals surface area contributed by atoms with Crippen LogP contribution in [0.25, 0.3) is 0 Å². The zero-order chi connectivity index (χ0) is 30.9. The highest BCUT2D eigenvalue weighted by Crippen LogP contribution is 2.37. The number of aliphatic hydroxyl groups excluding tert-OH is 5. The Bertz CT molecular complexity index is 851. The summed E-state index contributed by atoms with van der Waals surface area (Å²) in [7, 11) is 0. The molecule has 0 spiro atoms. The molecule has 2 aliphatic heterocycles. The van der Waals surface area contributed by atoms with Gasteiger partial charge in [0.05, 0.1) is 43.2 Å². The van der Waals surface area contributed by atoms with Crippen molar-refractivity contribution in [3.05, 3.63) is 0 Å². The largest absolute Gasteiger partial charge is 0.394 e. The Labute approximate surface area is 245 Å². The fourth-order valence-corrected chi connectivity index (χ4v) is 6.56. The van der Waals surface area contributed by atoms with Gasteiger partial charge in [0, 0.05) is 36.5 Å². The second kappa shape index (κ2) is 14.6. The Balaban J connectivity index is 1.48. The molecule has 42 heavy (non-hydrogen) atoms. The lowest BCUT2D eigenvalue weighted by molar-refractivity contribution is -0.289. The van der Waals surface area contributed by atoms with Gasteiger partial charge in [-0.15, -0.1) is 0 Å². The number of hydrogen-bond acceptors (Lipinski definition) is 16. The molecule has 0 aromatic heterocycles. The summed E-state index contributed by atoms with van der Waals surface area (Å²) in [4.78, 5) is 0. The number of aliphatic hydroxyl groups is 5. The van der Waals surface area contributed by atoms with E-state index in [9.17, 15) is 25.5 Å². The first-order valence-corrected chi connectivity index (χ1v) is 14.9. The van der Waals surface area contributed by atoms with Crippen molar-refractivity contribution >= 4 is 0 Å². The maximum atomic E-state index is 11.3. The molecule has 16 heteroatoms. The van der Waals surface area contributed by atoms with E-state index in [1.807, 2.05) is 0 Å². The summed E-state index contributed by atoms with van der Waals surface area (Å²) in [5.74, 6) is -0.898. The first-order valence-electron chi connectivity index (χ1n) is 14.9. The monoisotopic (exact) mass is 608 g/mol. The first-order chi connectivity index (χ1) is 19.9. The summed E-state index contributed by atoms with van der Waals surface area (Å²) >= 11 is 0. The van der Waals surface area contributed by atoms with Crippen molar-refractivity contribution in [2.75, 3.05) is 19.7 Å². The first kappa shape index (κ1) is 34.2. The normalized spacial score (nSPS) is 51.0. The van der Waals surface area contributed by atoms with Crippen molar-refractivity contribution in [3.63, 3.8) is 0 Å². The Morgan fingerprint density at radius 1 is 0.762 bits per heavy atom. The second-order valence-corrected chi connectivity index (χ2v) is 12.4. The van der Waals surface area contributed by atoms with Crippen molar-refractivity contribution < 1.29 is 49.2 Å². The molecular formula is C26H52N6O10. The Kier molecular flexibility index (Phi) is 11.9. The van der Waals surface area contributed by atoms with Gasteiger partial charge in [0.15, 0.2) is 12.6 Å². The molecule has 18 unspecified atom stereocenters. The highest BCUT2D eigenvalue weighted by molar-refractivity contribution is 5.01. The van der Waals surface area contributed by atoms with Crippen molar-refractivity contribution in [3.8, 4) is 0 Å². The van der Waals surface area contributed by atoms with Crippen LogP contribution in [0, 0.1) is 11.8 Å². The molecule has 0 aromatic carbocycles. The molecule has 0 aromatic rings. The molecule has 18 atom stereocenters. The molecule has 16 nitrogen and oxygen atoms in total. The summed E-state index contributed by atoms with van der Waals surface area (Å²) in [6.07, 6.45) is -10.4. The zero-order valence-electron chi connectivity index (χ0n) is 24.1. The van der Waals surface area contributed by atoms with Gasteiger partial charge in [0.1, 0.15) is 30.5 Å². The number of ether oxygens (including phenoxy) is 5. The fraction of sp³-hybridized carbons (Fsp3) is 1.00. The van der Waals surface area contributed by atoms with Crippen LogP contribution in [-0.4, -0.2) is 143 Å². The van der Waals surface area contributed by atoms with Gasteiger partial charge in [-0.25, -0.2) is 0 Å². The summed E-state index contributed by atoms with van der Waals surface area (Å²) in [6.45, 7) is 1.57. The number of hydrogen-bond donors (Lipinski definition) is 11. The molecule has 246 valence electrons. The van der Waals surface area contributed by atoms with Gasteiger partial charge in [-0.05, 0) is 32.2 Å². The SMILES string of the molecule is CC1C(OC2C(CO)OC(OC3C(O)C(N)CC(N)C3OC3OC(C(N)CN)CCC3N)C2O)CC(CN)C(O)C1O. The molecule has 17 N–H and O–H groups in total. The van der Waals surface area contributed by atoms with Crippen LogP contribution in [0.5, 0.6) is 0 Å². The lowest BCUT2D eigenvalue weighted by Crippen LogP contribution is -2.65. The predicted octanol–water partition coefficient (Wildman–Crippen LogP) is -5.54. The van der Waals surface area contributed by atoms with Crippen molar-refractivity contribution in [2.24, 2.45) is 46.2 Å². The van der Waals surface area contributed by atoms with E-state index in [0.717, 1.165) is 0 Å². The minimum atomic E-state index is -1.41. The van der Waals surface area contributed by atoms with Crippen LogP contribution < -0.4 is 34.4 Å². The smallest absolute Gasteiger partial charge is 0.187 e. The van der Waals surface area contributed by atoms with Crippen molar-refractivity contribution in [1.29, 1.82) is 0 Å². The Morgan fingerprint density at radius 2 is 1.45 bits per heavy atom. The third-order valence-electron chi connectivity index (χ3n) is 9.44. The highest BCUT2D eigenvalue weighted by atomic mass is 16.7. The molecule has 0 radical (unpaired) electrons. The van der Waals surface area contributed by atoms with E-state index in [1.165, 1.54) is 0 Å². The van der Waals surface area contributed by atoms with E-state index in [4.69, 9.17) is 58.1 Å². The standard InChI is InChI=1S/C26H52N6O10/c1-9-16(4-10(6-27)19(35)18(9)34)38-23-17(8-33)40-26(21(23)37)42-24-20(36)12(30)5-13(31)22(24)41-25-11(29)2-3-15(39-25)14(32)7-28/h9-26,33-37H,2-8,27-32H2,1H3. The Hall–Kier alpha value is -0.640. The third kappa shape index (κ3) is 7.09. The van der Waals surface area contributed by atoms with Crippen LogP contribution >= 0.6 is 0 Å². The highest BCUT2D eigenvalue weighted by Gasteiger charge is 2.53. The van der Waals surface area contributed by atoms with Gasteiger partial charge in [-0.1, -0.05) is 6.92 Å². The molecule has 2 heterocycles. The maximum Gasteiger partial charge on any atom is 0.187 e. The fourth-order valence-electron chi connectivity index (χ4n) is 6.56. The van der Waals surface area contributed by atoms with E-state index in [2.05, 4.69) is 0 Å². The lowest BCUT2D eigenvalue weighted by atomic mass is 9.76. The number of nitrogens with two attached hydrogens (primary N) is 6. The molecule has 2 aliphatic carbocycles. The minimum Gasteiger partial charge on any atom is -0.394 e. The van der Waals surface area contributed by atoms with Crippen LogP contribution in [0.2, 0.25) is 0 Å². The van der Waals surface area contributed by atoms with Gasteiger partial charge >= 0.3 is 0 Å². The molecule has 2 saturated carbocycles. The van der Waals surface area contributed by atoms with Crippen molar-refractivity contribution in [2.45, 2.75) is 130 Å². The van der Waals surface area contributed by atoms with Gasteiger partial charge in [-0.3, -0.25) is 0 Å². The summed E-state index contributed by atoms with van der Waals surface area (Å²) in [5, 5.41) is 53.2. The van der Waals surface area contributed by atoms with Crippen molar-refractivity contribution in [1.82, 2.24) is 0 Å². The molecule has 4 aliphatic rings. The van der Waals surface area contributed by atoms with Crippen LogP contribution in [0.4, 0.5) is 0 Å². The van der Waals surface area contributed by atoms with Crippen LogP contribution in [-0.2, 0) is 23.7 Å². The average Bonchev–Trinajstić information content (AvgIpc) is 3.27. The molecule has 4 fully saturated rings. The lowest BCUT2D eigenvalue weighted by Gasteiger charge is -2.46. The minimum absolute atomic E-state index is 0.137. The van der Waals surface area contributed by atoms with E-state index >= 15 is 0 Å². The maximum absolute atomic E-state index is 11.3. The molecular weight excluding hydrogens is 556 g/mol.